The van der Waals surface area contributed by atoms with Gasteiger partial charge in [-0.2, -0.15) is 0 Å². The molecule has 0 spiro atoms. The Bertz CT molecular complexity index is 519. The zero-order valence-corrected chi connectivity index (χ0v) is 13.1. The molecule has 0 radical (unpaired) electrons. The number of hydrogen-bond acceptors (Lipinski definition) is 3. The van der Waals surface area contributed by atoms with Crippen LogP contribution in [0.25, 0.3) is 0 Å². The molecule has 0 aromatic heterocycles. The van der Waals surface area contributed by atoms with Crippen molar-refractivity contribution in [2.24, 2.45) is 5.73 Å². The van der Waals surface area contributed by atoms with Crippen LogP contribution < -0.4 is 10.6 Å². The number of amidine groups is 1. The molecular formula is C16H25N3O. The first-order valence-corrected chi connectivity index (χ1v) is 7.00. The number of rotatable bonds is 2. The predicted molar refractivity (Wildman–Crippen MR) is 83.7 cm³/mol. The van der Waals surface area contributed by atoms with E-state index in [1.165, 1.54) is 5.56 Å². The van der Waals surface area contributed by atoms with Crippen molar-refractivity contribution < 1.29 is 4.74 Å². The highest BCUT2D eigenvalue weighted by Crippen LogP contribution is 2.33. The zero-order valence-electron chi connectivity index (χ0n) is 13.1. The second kappa shape index (κ2) is 4.77. The van der Waals surface area contributed by atoms with Crippen LogP contribution in [0.2, 0.25) is 0 Å². The number of ether oxygens (including phenoxy) is 1. The predicted octanol–water partition coefficient (Wildman–Crippen LogP) is 2.67. The van der Waals surface area contributed by atoms with Crippen LogP contribution in [0.1, 0.15) is 38.8 Å². The number of nitrogens with one attached hydrogen (secondary N) is 1. The van der Waals surface area contributed by atoms with E-state index in [1.807, 2.05) is 12.1 Å². The van der Waals surface area contributed by atoms with Crippen molar-refractivity contribution in [2.45, 2.75) is 45.8 Å². The molecule has 2 rings (SSSR count). The summed E-state index contributed by atoms with van der Waals surface area (Å²) in [6, 6.07) is 6.04. The van der Waals surface area contributed by atoms with Crippen LogP contribution in [0.4, 0.5) is 5.69 Å². The molecule has 20 heavy (non-hydrogen) atoms. The van der Waals surface area contributed by atoms with Gasteiger partial charge < -0.3 is 15.4 Å². The van der Waals surface area contributed by atoms with Gasteiger partial charge >= 0.3 is 0 Å². The number of morpholine rings is 1. The monoisotopic (exact) mass is 275 g/mol. The minimum absolute atomic E-state index is 0.113. The van der Waals surface area contributed by atoms with Crippen LogP contribution in [0.3, 0.4) is 0 Å². The molecule has 0 unspecified atom stereocenters. The number of benzene rings is 1. The molecule has 4 nitrogen and oxygen atoms in total. The lowest BCUT2D eigenvalue weighted by atomic mass is 9.96. The normalized spacial score (nSPS) is 20.8. The fourth-order valence-corrected chi connectivity index (χ4v) is 3.09. The van der Waals surface area contributed by atoms with Gasteiger partial charge in [0.2, 0.25) is 0 Å². The summed E-state index contributed by atoms with van der Waals surface area (Å²) in [5.74, 6) is 0.113. The van der Waals surface area contributed by atoms with E-state index in [0.717, 1.165) is 24.3 Å². The van der Waals surface area contributed by atoms with Crippen molar-refractivity contribution in [3.63, 3.8) is 0 Å². The van der Waals surface area contributed by atoms with Gasteiger partial charge in [0.05, 0.1) is 11.2 Å². The molecule has 0 amide bonds. The average Bonchev–Trinajstić information content (AvgIpc) is 2.24. The van der Waals surface area contributed by atoms with Gasteiger partial charge in [0.1, 0.15) is 5.84 Å². The highest BCUT2D eigenvalue weighted by atomic mass is 16.5. The highest BCUT2D eigenvalue weighted by molar-refractivity contribution is 6.00. The maximum absolute atomic E-state index is 7.78. The van der Waals surface area contributed by atoms with Crippen molar-refractivity contribution in [3.8, 4) is 0 Å². The molecule has 1 saturated heterocycles. The van der Waals surface area contributed by atoms with Crippen molar-refractivity contribution in [2.75, 3.05) is 18.0 Å². The van der Waals surface area contributed by atoms with Crippen molar-refractivity contribution in [1.82, 2.24) is 0 Å². The van der Waals surface area contributed by atoms with Gasteiger partial charge in [0.15, 0.2) is 0 Å². The molecule has 3 N–H and O–H groups in total. The molecule has 1 aliphatic rings. The van der Waals surface area contributed by atoms with Gasteiger partial charge in [-0.05, 0) is 52.3 Å². The molecule has 0 aliphatic carbocycles. The molecule has 1 fully saturated rings. The number of hydrogen-bond donors (Lipinski definition) is 2. The summed E-state index contributed by atoms with van der Waals surface area (Å²) < 4.78 is 6.12. The Morgan fingerprint density at radius 3 is 2.25 bits per heavy atom. The molecule has 1 aromatic rings. The second-order valence-corrected chi connectivity index (χ2v) is 6.91. The van der Waals surface area contributed by atoms with Gasteiger partial charge in [-0.1, -0.05) is 6.07 Å². The summed E-state index contributed by atoms with van der Waals surface area (Å²) >= 11 is 0. The van der Waals surface area contributed by atoms with Crippen molar-refractivity contribution >= 4 is 11.5 Å². The van der Waals surface area contributed by atoms with Gasteiger partial charge in [0.25, 0.3) is 0 Å². The van der Waals surface area contributed by atoms with E-state index in [0.29, 0.717) is 0 Å². The Hall–Kier alpha value is -1.55. The zero-order chi connectivity index (χ0) is 15.1. The van der Waals surface area contributed by atoms with Gasteiger partial charge in [-0.25, -0.2) is 0 Å². The number of nitrogens with zero attached hydrogens (tertiary/aromatic N) is 1. The third kappa shape index (κ3) is 3.12. The average molecular weight is 275 g/mol. The molecule has 1 aliphatic heterocycles. The van der Waals surface area contributed by atoms with E-state index in [2.05, 4.69) is 45.6 Å². The first kappa shape index (κ1) is 14.9. The van der Waals surface area contributed by atoms with Crippen molar-refractivity contribution in [3.05, 3.63) is 29.3 Å². The first-order valence-electron chi connectivity index (χ1n) is 7.00. The van der Waals surface area contributed by atoms with Crippen LogP contribution in [0.15, 0.2) is 18.2 Å². The maximum atomic E-state index is 7.78. The Morgan fingerprint density at radius 2 is 1.75 bits per heavy atom. The molecule has 0 bridgehead atoms. The summed E-state index contributed by atoms with van der Waals surface area (Å²) in [5, 5.41) is 7.78. The molecule has 110 valence electrons. The maximum Gasteiger partial charge on any atom is 0.124 e. The summed E-state index contributed by atoms with van der Waals surface area (Å²) in [7, 11) is 0. The van der Waals surface area contributed by atoms with Crippen LogP contribution >= 0.6 is 0 Å². The molecular weight excluding hydrogens is 250 g/mol. The fourth-order valence-electron chi connectivity index (χ4n) is 3.09. The number of aryl methyl sites for hydroxylation is 1. The molecule has 0 atom stereocenters. The summed E-state index contributed by atoms with van der Waals surface area (Å²) in [6.07, 6.45) is 0. The van der Waals surface area contributed by atoms with Crippen LogP contribution in [0.5, 0.6) is 0 Å². The van der Waals surface area contributed by atoms with Crippen LogP contribution in [-0.2, 0) is 4.74 Å². The second-order valence-electron chi connectivity index (χ2n) is 6.91. The number of nitrogen functional groups attached to an aromatic ring is 1. The van der Waals surface area contributed by atoms with Gasteiger partial charge in [-0.3, -0.25) is 5.41 Å². The molecule has 0 saturated carbocycles. The van der Waals surface area contributed by atoms with Crippen molar-refractivity contribution in [1.29, 1.82) is 5.41 Å². The lowest BCUT2D eigenvalue weighted by Crippen LogP contribution is -2.57. The third-order valence-electron chi connectivity index (χ3n) is 3.48. The Balaban J connectivity index is 2.45. The Labute approximate surface area is 121 Å². The highest BCUT2D eigenvalue weighted by Gasteiger charge is 2.38. The summed E-state index contributed by atoms with van der Waals surface area (Å²) in [6.45, 7) is 12.0. The summed E-state index contributed by atoms with van der Waals surface area (Å²) in [4.78, 5) is 2.28. The first-order chi connectivity index (χ1) is 9.10. The largest absolute Gasteiger partial charge is 0.384 e. The van der Waals surface area contributed by atoms with Gasteiger partial charge in [-0.15, -0.1) is 0 Å². The lowest BCUT2D eigenvalue weighted by molar-refractivity contribution is -0.133. The molecule has 4 heteroatoms. The quantitative estimate of drug-likeness (QED) is 0.644. The Kier molecular flexibility index (Phi) is 3.54. The van der Waals surface area contributed by atoms with Crippen LogP contribution in [-0.4, -0.2) is 30.1 Å². The van der Waals surface area contributed by atoms with E-state index in [9.17, 15) is 0 Å². The van der Waals surface area contributed by atoms with E-state index in [1.54, 1.807) is 0 Å². The number of anilines is 1. The van der Waals surface area contributed by atoms with E-state index < -0.39 is 0 Å². The van der Waals surface area contributed by atoms with Crippen LogP contribution in [0, 0.1) is 12.3 Å². The smallest absolute Gasteiger partial charge is 0.124 e. The lowest BCUT2D eigenvalue weighted by Gasteiger charge is -2.48. The van der Waals surface area contributed by atoms with Gasteiger partial charge in [0, 0.05) is 24.3 Å². The SMILES string of the molecule is Cc1ccc(C(=N)N)c(N2CC(C)(C)OC(C)(C)C2)c1. The van der Waals surface area contributed by atoms with E-state index in [4.69, 9.17) is 15.9 Å². The standard InChI is InChI=1S/C16H25N3O/c1-11-6-7-12(14(17)18)13(8-11)19-9-15(2,3)20-16(4,5)10-19/h6-8H,9-10H2,1-5H3,(H3,17,18). The van der Waals surface area contributed by atoms with E-state index in [-0.39, 0.29) is 17.0 Å². The minimum atomic E-state index is -0.223. The third-order valence-corrected chi connectivity index (χ3v) is 3.48. The minimum Gasteiger partial charge on any atom is -0.384 e. The fraction of sp³-hybridized carbons (Fsp3) is 0.562. The van der Waals surface area contributed by atoms with E-state index >= 15 is 0 Å². The Morgan fingerprint density at radius 1 is 1.20 bits per heavy atom. The molecule has 1 heterocycles. The topological polar surface area (TPSA) is 62.3 Å². The summed E-state index contributed by atoms with van der Waals surface area (Å²) in [5.41, 5.74) is 8.28. The molecule has 1 aromatic carbocycles. The number of nitrogens with two attached hydrogens (primary N) is 1.